The van der Waals surface area contributed by atoms with Gasteiger partial charge in [0.25, 0.3) is 0 Å². The van der Waals surface area contributed by atoms with E-state index in [0.717, 1.165) is 11.3 Å². The molecule has 0 spiro atoms. The zero-order chi connectivity index (χ0) is 12.5. The van der Waals surface area contributed by atoms with Crippen molar-refractivity contribution in [2.75, 3.05) is 12.3 Å². The van der Waals surface area contributed by atoms with E-state index in [4.69, 9.17) is 10.8 Å². The Morgan fingerprint density at radius 1 is 1.28 bits per heavy atom. The van der Waals surface area contributed by atoms with Crippen LogP contribution >= 0.6 is 0 Å². The first-order valence-electron chi connectivity index (χ1n) is 5.69. The molecule has 0 unspecified atom stereocenters. The molecular formula is C12H13N5O. The van der Waals surface area contributed by atoms with E-state index in [0.29, 0.717) is 23.6 Å². The van der Waals surface area contributed by atoms with Crippen LogP contribution in [0.3, 0.4) is 0 Å². The minimum absolute atomic E-state index is 0.0264. The molecule has 0 fully saturated rings. The van der Waals surface area contributed by atoms with Crippen LogP contribution in [0.4, 0.5) is 5.69 Å². The number of nitrogens with zero attached hydrogens (tertiary/aromatic N) is 3. The fraction of sp³-hybridized carbons (Fsp3) is 0.167. The van der Waals surface area contributed by atoms with Gasteiger partial charge in [-0.2, -0.15) is 4.63 Å². The van der Waals surface area contributed by atoms with Crippen LogP contribution < -0.4 is 5.73 Å². The first kappa shape index (κ1) is 10.8. The molecule has 3 rings (SSSR count). The molecular weight excluding hydrogens is 230 g/mol. The van der Waals surface area contributed by atoms with Crippen molar-refractivity contribution in [3.63, 3.8) is 0 Å². The summed E-state index contributed by atoms with van der Waals surface area (Å²) in [6.07, 6.45) is 0.426. The highest BCUT2D eigenvalue weighted by molar-refractivity contribution is 5.82. The molecule has 1 aromatic carbocycles. The normalized spacial score (nSPS) is 11.2. The van der Waals surface area contributed by atoms with Gasteiger partial charge in [0.15, 0.2) is 11.5 Å². The van der Waals surface area contributed by atoms with Gasteiger partial charge in [-0.15, -0.1) is 5.10 Å². The summed E-state index contributed by atoms with van der Waals surface area (Å²) in [4.78, 5) is 4.28. The Balaban J connectivity index is 2.10. The minimum atomic E-state index is 0.0264. The zero-order valence-electron chi connectivity index (χ0n) is 9.67. The topological polar surface area (TPSA) is 92.2 Å². The van der Waals surface area contributed by atoms with Crippen LogP contribution in [0, 0.1) is 0 Å². The van der Waals surface area contributed by atoms with Crippen LogP contribution in [0.25, 0.3) is 16.9 Å². The fourth-order valence-corrected chi connectivity index (χ4v) is 1.92. The highest BCUT2D eigenvalue weighted by atomic mass is 16.3. The van der Waals surface area contributed by atoms with Gasteiger partial charge >= 0.3 is 0 Å². The first-order chi connectivity index (χ1) is 8.79. The third kappa shape index (κ3) is 1.63. The third-order valence-electron chi connectivity index (χ3n) is 2.78. The van der Waals surface area contributed by atoms with Crippen LogP contribution in [0.5, 0.6) is 0 Å². The van der Waals surface area contributed by atoms with Crippen LogP contribution in [-0.4, -0.2) is 31.5 Å². The Bertz CT molecular complexity index is 670. The first-order valence-corrected chi connectivity index (χ1v) is 5.69. The van der Waals surface area contributed by atoms with E-state index in [1.165, 1.54) is 0 Å². The van der Waals surface area contributed by atoms with Gasteiger partial charge in [0.2, 0.25) is 0 Å². The lowest BCUT2D eigenvalue weighted by molar-refractivity contribution is 0.296. The molecule has 0 amide bonds. The number of fused-ring (bicyclic) bond motifs is 1. The summed E-state index contributed by atoms with van der Waals surface area (Å²) in [5.74, 6) is 0.579. The van der Waals surface area contributed by atoms with Gasteiger partial charge < -0.3 is 10.8 Å². The minimum Gasteiger partial charge on any atom is -0.396 e. The number of anilines is 1. The lowest BCUT2D eigenvalue weighted by Gasteiger charge is -1.98. The van der Waals surface area contributed by atoms with Crippen molar-refractivity contribution in [3.05, 3.63) is 36.2 Å². The van der Waals surface area contributed by atoms with Gasteiger partial charge in [-0.1, -0.05) is 30.3 Å². The molecule has 0 radical (unpaired) electrons. The predicted octanol–water partition coefficient (Wildman–Crippen LogP) is 0.841. The third-order valence-corrected chi connectivity index (χ3v) is 2.78. The molecule has 92 valence electrons. The van der Waals surface area contributed by atoms with Gasteiger partial charge in [0.1, 0.15) is 5.69 Å². The lowest BCUT2D eigenvalue weighted by Crippen LogP contribution is -1.95. The monoisotopic (exact) mass is 243 g/mol. The summed E-state index contributed by atoms with van der Waals surface area (Å²) in [6.45, 7) is 0.0264. The number of aliphatic hydroxyl groups excluding tert-OH is 1. The van der Waals surface area contributed by atoms with E-state index in [1.807, 2.05) is 30.3 Å². The van der Waals surface area contributed by atoms with Crippen molar-refractivity contribution >= 4 is 11.3 Å². The second kappa shape index (κ2) is 4.15. The summed E-state index contributed by atoms with van der Waals surface area (Å²) >= 11 is 0. The number of benzene rings is 1. The number of rotatable bonds is 3. The average molecular weight is 243 g/mol. The summed E-state index contributed by atoms with van der Waals surface area (Å²) < 4.78 is 1.54. The van der Waals surface area contributed by atoms with Crippen molar-refractivity contribution in [1.29, 1.82) is 0 Å². The molecule has 0 bridgehead atoms. The SMILES string of the molecule is Nc1c(-c2ccccc2)[nH]n2nc(CCO)nc12. The van der Waals surface area contributed by atoms with E-state index in [1.54, 1.807) is 4.63 Å². The molecule has 18 heavy (non-hydrogen) atoms. The Hall–Kier alpha value is -2.34. The van der Waals surface area contributed by atoms with E-state index in [9.17, 15) is 0 Å². The zero-order valence-corrected chi connectivity index (χ0v) is 9.67. The number of H-pyrrole nitrogens is 1. The van der Waals surface area contributed by atoms with Crippen molar-refractivity contribution in [2.45, 2.75) is 6.42 Å². The molecule has 0 aliphatic rings. The molecule has 2 aromatic heterocycles. The number of nitrogens with two attached hydrogens (primary N) is 1. The highest BCUT2D eigenvalue weighted by Gasteiger charge is 2.14. The molecule has 0 atom stereocenters. The summed E-state index contributed by atoms with van der Waals surface area (Å²) in [5, 5.41) is 16.2. The molecule has 4 N–H and O–H groups in total. The number of hydrogen-bond acceptors (Lipinski definition) is 4. The van der Waals surface area contributed by atoms with Crippen molar-refractivity contribution in [1.82, 2.24) is 19.8 Å². The Kier molecular flexibility index (Phi) is 2.49. The Labute approximate surface area is 103 Å². The number of nitrogen functional groups attached to an aromatic ring is 1. The average Bonchev–Trinajstić information content (AvgIpc) is 2.91. The molecule has 2 heterocycles. The molecule has 0 aliphatic heterocycles. The molecule has 0 saturated carbocycles. The number of aromatic nitrogens is 4. The Morgan fingerprint density at radius 3 is 2.72 bits per heavy atom. The van der Waals surface area contributed by atoms with E-state index >= 15 is 0 Å². The molecule has 0 saturated heterocycles. The maximum absolute atomic E-state index is 8.85. The van der Waals surface area contributed by atoms with Crippen LogP contribution in [0.2, 0.25) is 0 Å². The highest BCUT2D eigenvalue weighted by Crippen LogP contribution is 2.26. The van der Waals surface area contributed by atoms with Gasteiger partial charge in [0.05, 0.1) is 12.3 Å². The van der Waals surface area contributed by atoms with Crippen LogP contribution in [0.15, 0.2) is 30.3 Å². The maximum atomic E-state index is 8.85. The van der Waals surface area contributed by atoms with E-state index in [-0.39, 0.29) is 6.61 Å². The summed E-state index contributed by atoms with van der Waals surface area (Å²) in [5.41, 5.74) is 9.02. The largest absolute Gasteiger partial charge is 0.396 e. The lowest BCUT2D eigenvalue weighted by atomic mass is 10.1. The Morgan fingerprint density at radius 2 is 2.06 bits per heavy atom. The van der Waals surface area contributed by atoms with Crippen molar-refractivity contribution in [3.8, 4) is 11.3 Å². The molecule has 6 heteroatoms. The number of nitrogens with one attached hydrogen (secondary N) is 1. The molecule has 6 nitrogen and oxygen atoms in total. The smallest absolute Gasteiger partial charge is 0.199 e. The van der Waals surface area contributed by atoms with Crippen LogP contribution in [0.1, 0.15) is 5.82 Å². The predicted molar refractivity (Wildman–Crippen MR) is 68.0 cm³/mol. The van der Waals surface area contributed by atoms with Crippen molar-refractivity contribution < 1.29 is 5.11 Å². The van der Waals surface area contributed by atoms with Gasteiger partial charge in [-0.25, -0.2) is 4.98 Å². The van der Waals surface area contributed by atoms with Gasteiger partial charge in [-0.3, -0.25) is 5.10 Å². The number of hydrogen-bond donors (Lipinski definition) is 3. The van der Waals surface area contributed by atoms with E-state index < -0.39 is 0 Å². The quantitative estimate of drug-likeness (QED) is 0.635. The molecule has 3 aromatic rings. The second-order valence-corrected chi connectivity index (χ2v) is 4.00. The fourth-order valence-electron chi connectivity index (χ4n) is 1.92. The van der Waals surface area contributed by atoms with Crippen LogP contribution in [-0.2, 0) is 6.42 Å². The van der Waals surface area contributed by atoms with Gasteiger partial charge in [0, 0.05) is 12.0 Å². The van der Waals surface area contributed by atoms with E-state index in [2.05, 4.69) is 15.2 Å². The number of aliphatic hydroxyl groups is 1. The molecule has 0 aliphatic carbocycles. The van der Waals surface area contributed by atoms with Gasteiger partial charge in [-0.05, 0) is 0 Å². The maximum Gasteiger partial charge on any atom is 0.199 e. The second-order valence-electron chi connectivity index (χ2n) is 4.00. The summed E-state index contributed by atoms with van der Waals surface area (Å²) in [6, 6.07) is 9.78. The standard InChI is InChI=1S/C12H13N5O/c13-10-11(8-4-2-1-3-5-8)16-17-12(10)14-9(15-17)6-7-18/h1-5,16,18H,6-7,13H2. The summed E-state index contributed by atoms with van der Waals surface area (Å²) in [7, 11) is 0. The van der Waals surface area contributed by atoms with Crippen molar-refractivity contribution in [2.24, 2.45) is 0 Å². The number of aromatic amines is 1.